The Labute approximate surface area is 90.3 Å². The number of H-pyrrole nitrogens is 1. The Hall–Kier alpha value is -2.40. The van der Waals surface area contributed by atoms with Crippen molar-refractivity contribution in [3.8, 4) is 6.07 Å². The number of aromatic amines is 1. The highest BCUT2D eigenvalue weighted by molar-refractivity contribution is 6.39. The molecule has 0 atom stereocenters. The normalized spacial score (nSPS) is 9.25. The average Bonchev–Trinajstić information content (AvgIpc) is 2.72. The second-order valence-electron chi connectivity index (χ2n) is 2.70. The Balaban J connectivity index is 2.58. The fourth-order valence-corrected chi connectivity index (χ4v) is 0.886. The Morgan fingerprint density at radius 1 is 1.56 bits per heavy atom. The summed E-state index contributed by atoms with van der Waals surface area (Å²) in [5.41, 5.74) is 0.128. The Morgan fingerprint density at radius 2 is 2.31 bits per heavy atom. The van der Waals surface area contributed by atoms with E-state index >= 15 is 0 Å². The third kappa shape index (κ3) is 2.79. The first-order chi connectivity index (χ1) is 7.69. The van der Waals surface area contributed by atoms with E-state index in [1.807, 2.05) is 0 Å². The van der Waals surface area contributed by atoms with Gasteiger partial charge in [0, 0.05) is 6.54 Å². The Kier molecular flexibility index (Phi) is 3.99. The van der Waals surface area contributed by atoms with Crippen LogP contribution in [0.5, 0.6) is 0 Å². The van der Waals surface area contributed by atoms with E-state index in [0.29, 0.717) is 0 Å². The fourth-order valence-electron chi connectivity index (χ4n) is 0.886. The van der Waals surface area contributed by atoms with Crippen molar-refractivity contribution in [1.29, 1.82) is 5.26 Å². The molecule has 0 unspecified atom stereocenters. The van der Waals surface area contributed by atoms with Gasteiger partial charge in [0.25, 0.3) is 0 Å². The molecule has 1 heterocycles. The zero-order valence-electron chi connectivity index (χ0n) is 8.15. The monoisotopic (exact) mass is 223 g/mol. The van der Waals surface area contributed by atoms with Crippen LogP contribution in [0.3, 0.4) is 0 Å². The van der Waals surface area contributed by atoms with E-state index in [9.17, 15) is 9.59 Å². The van der Waals surface area contributed by atoms with Gasteiger partial charge in [0.1, 0.15) is 17.5 Å². The molecular formula is C8H9N5O3. The maximum absolute atomic E-state index is 11.2. The molecule has 1 aromatic rings. The van der Waals surface area contributed by atoms with Crippen LogP contribution < -0.4 is 10.6 Å². The van der Waals surface area contributed by atoms with Crippen LogP contribution in [-0.2, 0) is 9.59 Å². The molecular weight excluding hydrogens is 214 g/mol. The van der Waals surface area contributed by atoms with E-state index in [1.165, 1.54) is 6.20 Å². The number of anilines is 1. The molecule has 1 aromatic heterocycles. The molecule has 0 aromatic carbocycles. The Morgan fingerprint density at radius 3 is 2.94 bits per heavy atom. The maximum Gasteiger partial charge on any atom is 0.314 e. The van der Waals surface area contributed by atoms with Gasteiger partial charge in [-0.2, -0.15) is 10.4 Å². The smallest absolute Gasteiger partial charge is 0.314 e. The number of carbonyl (C=O) groups excluding carboxylic acids is 2. The van der Waals surface area contributed by atoms with Crippen LogP contribution in [0.4, 0.5) is 5.82 Å². The topological polar surface area (TPSA) is 131 Å². The summed E-state index contributed by atoms with van der Waals surface area (Å²) in [6.07, 6.45) is 1.22. The highest BCUT2D eigenvalue weighted by Gasteiger charge is 2.15. The molecule has 0 aliphatic carbocycles. The van der Waals surface area contributed by atoms with Gasteiger partial charge < -0.3 is 15.7 Å². The molecule has 0 radical (unpaired) electrons. The SMILES string of the molecule is N#Cc1cn[nH]c1NC(=O)C(=O)NCCO. The average molecular weight is 223 g/mol. The molecule has 16 heavy (non-hydrogen) atoms. The van der Waals surface area contributed by atoms with E-state index < -0.39 is 11.8 Å². The third-order valence-electron chi connectivity index (χ3n) is 1.60. The van der Waals surface area contributed by atoms with Crippen molar-refractivity contribution in [1.82, 2.24) is 15.5 Å². The lowest BCUT2D eigenvalue weighted by atomic mass is 10.3. The molecule has 0 aliphatic rings. The lowest BCUT2D eigenvalue weighted by Gasteiger charge is -2.03. The number of carbonyl (C=O) groups is 2. The summed E-state index contributed by atoms with van der Waals surface area (Å²) in [7, 11) is 0. The van der Waals surface area contributed by atoms with Gasteiger partial charge in [0.15, 0.2) is 0 Å². The zero-order valence-corrected chi connectivity index (χ0v) is 8.15. The minimum Gasteiger partial charge on any atom is -0.395 e. The maximum atomic E-state index is 11.2. The quantitative estimate of drug-likeness (QED) is 0.455. The van der Waals surface area contributed by atoms with E-state index in [0.717, 1.165) is 0 Å². The number of hydrogen-bond acceptors (Lipinski definition) is 5. The molecule has 0 saturated heterocycles. The predicted octanol–water partition coefficient (Wildman–Crippen LogP) is -1.67. The summed E-state index contributed by atoms with van der Waals surface area (Å²) in [6.45, 7) is -0.271. The van der Waals surface area contributed by atoms with Crippen molar-refractivity contribution < 1.29 is 14.7 Å². The minimum atomic E-state index is -0.936. The number of aliphatic hydroxyl groups excluding tert-OH is 1. The predicted molar refractivity (Wildman–Crippen MR) is 52.0 cm³/mol. The lowest BCUT2D eigenvalue weighted by Crippen LogP contribution is -2.37. The van der Waals surface area contributed by atoms with Crippen molar-refractivity contribution >= 4 is 17.6 Å². The van der Waals surface area contributed by atoms with Crippen molar-refractivity contribution in [3.05, 3.63) is 11.8 Å². The van der Waals surface area contributed by atoms with Gasteiger partial charge in [-0.1, -0.05) is 0 Å². The van der Waals surface area contributed by atoms with Gasteiger partial charge >= 0.3 is 11.8 Å². The first-order valence-corrected chi connectivity index (χ1v) is 4.32. The number of nitrogens with zero attached hydrogens (tertiary/aromatic N) is 2. The van der Waals surface area contributed by atoms with Crippen LogP contribution in [-0.4, -0.2) is 40.3 Å². The molecule has 4 N–H and O–H groups in total. The number of aliphatic hydroxyl groups is 1. The minimum absolute atomic E-state index is 0.0136. The van der Waals surface area contributed by atoms with E-state index in [-0.39, 0.29) is 24.5 Å². The van der Waals surface area contributed by atoms with E-state index in [1.54, 1.807) is 6.07 Å². The Bertz CT molecular complexity index is 433. The summed E-state index contributed by atoms with van der Waals surface area (Å²) in [4.78, 5) is 22.3. The van der Waals surface area contributed by atoms with Crippen LogP contribution in [0.2, 0.25) is 0 Å². The largest absolute Gasteiger partial charge is 0.395 e. The summed E-state index contributed by atoms with van der Waals surface area (Å²) in [6, 6.07) is 1.78. The van der Waals surface area contributed by atoms with Gasteiger partial charge in [-0.3, -0.25) is 14.7 Å². The molecule has 0 saturated carbocycles. The van der Waals surface area contributed by atoms with Gasteiger partial charge in [0.2, 0.25) is 0 Å². The second kappa shape index (κ2) is 5.47. The molecule has 8 heteroatoms. The highest BCUT2D eigenvalue weighted by Crippen LogP contribution is 2.07. The first kappa shape index (κ1) is 11.7. The number of rotatable bonds is 3. The van der Waals surface area contributed by atoms with Crippen LogP contribution in [0.25, 0.3) is 0 Å². The van der Waals surface area contributed by atoms with Crippen molar-refractivity contribution in [2.24, 2.45) is 0 Å². The van der Waals surface area contributed by atoms with Gasteiger partial charge in [-0.25, -0.2) is 0 Å². The van der Waals surface area contributed by atoms with Gasteiger partial charge in [-0.15, -0.1) is 0 Å². The van der Waals surface area contributed by atoms with Crippen molar-refractivity contribution in [3.63, 3.8) is 0 Å². The molecule has 84 valence electrons. The third-order valence-corrected chi connectivity index (χ3v) is 1.60. The molecule has 2 amide bonds. The van der Waals surface area contributed by atoms with Crippen LogP contribution in [0.1, 0.15) is 5.56 Å². The van der Waals surface area contributed by atoms with Crippen LogP contribution in [0.15, 0.2) is 6.20 Å². The molecule has 0 bridgehead atoms. The fraction of sp³-hybridized carbons (Fsp3) is 0.250. The highest BCUT2D eigenvalue weighted by atomic mass is 16.3. The van der Waals surface area contributed by atoms with Crippen molar-refractivity contribution in [2.75, 3.05) is 18.5 Å². The standard InChI is InChI=1S/C8H9N5O3/c9-3-5-4-11-13-6(5)12-8(16)7(15)10-1-2-14/h4,14H,1-2H2,(H,10,15)(H2,11,12,13,16). The number of nitrogens with one attached hydrogen (secondary N) is 3. The number of aromatic nitrogens is 2. The number of hydrogen-bond donors (Lipinski definition) is 4. The molecule has 0 aliphatic heterocycles. The molecule has 8 nitrogen and oxygen atoms in total. The number of nitriles is 1. The molecule has 0 spiro atoms. The van der Waals surface area contributed by atoms with E-state index in [2.05, 4.69) is 20.8 Å². The van der Waals surface area contributed by atoms with Crippen molar-refractivity contribution in [2.45, 2.75) is 0 Å². The van der Waals surface area contributed by atoms with Gasteiger partial charge in [-0.05, 0) is 0 Å². The molecule has 0 fully saturated rings. The summed E-state index contributed by atoms with van der Waals surface area (Å²) < 4.78 is 0. The van der Waals surface area contributed by atoms with Gasteiger partial charge in [0.05, 0.1) is 12.8 Å². The summed E-state index contributed by atoms with van der Waals surface area (Å²) in [5, 5.41) is 27.3. The molecule has 1 rings (SSSR count). The first-order valence-electron chi connectivity index (χ1n) is 4.32. The van der Waals surface area contributed by atoms with Crippen LogP contribution in [0, 0.1) is 11.3 Å². The summed E-state index contributed by atoms with van der Waals surface area (Å²) >= 11 is 0. The zero-order chi connectivity index (χ0) is 12.0. The second-order valence-corrected chi connectivity index (χ2v) is 2.70. The lowest BCUT2D eigenvalue weighted by molar-refractivity contribution is -0.136. The van der Waals surface area contributed by atoms with Crippen LogP contribution >= 0.6 is 0 Å². The number of amides is 2. The summed E-state index contributed by atoms with van der Waals surface area (Å²) in [5.74, 6) is -1.77. The van der Waals surface area contributed by atoms with E-state index in [4.69, 9.17) is 10.4 Å².